The van der Waals surface area contributed by atoms with Gasteiger partial charge in [-0.15, -0.1) is 11.3 Å². The highest BCUT2D eigenvalue weighted by atomic mass is 32.1. The lowest BCUT2D eigenvalue weighted by atomic mass is 10.1. The standard InChI is InChI=1S/C13H14N2S/c1-8-2-4-9(5-3-8)11-12(14)16-13(15-11)10-6-7-10/h2-5,10H,6-7,14H2,1H3. The van der Waals surface area contributed by atoms with Crippen LogP contribution in [0.15, 0.2) is 24.3 Å². The Balaban J connectivity index is 2.01. The highest BCUT2D eigenvalue weighted by Gasteiger charge is 2.28. The Kier molecular flexibility index (Phi) is 2.21. The molecule has 0 bridgehead atoms. The minimum atomic E-state index is 0.687. The molecule has 3 rings (SSSR count). The number of rotatable bonds is 2. The predicted molar refractivity (Wildman–Crippen MR) is 68.7 cm³/mol. The lowest BCUT2D eigenvalue weighted by Gasteiger charge is -1.98. The Morgan fingerprint density at radius 2 is 1.94 bits per heavy atom. The van der Waals surface area contributed by atoms with Crippen LogP contribution < -0.4 is 5.73 Å². The molecule has 0 saturated heterocycles. The first kappa shape index (κ1) is 9.85. The van der Waals surface area contributed by atoms with Gasteiger partial charge in [0.2, 0.25) is 0 Å². The molecule has 1 aliphatic rings. The number of aromatic nitrogens is 1. The normalized spacial score (nSPS) is 15.3. The van der Waals surface area contributed by atoms with E-state index in [9.17, 15) is 0 Å². The summed E-state index contributed by atoms with van der Waals surface area (Å²) in [5.41, 5.74) is 9.39. The van der Waals surface area contributed by atoms with E-state index in [1.165, 1.54) is 23.4 Å². The van der Waals surface area contributed by atoms with Crippen molar-refractivity contribution in [1.29, 1.82) is 0 Å². The first-order chi connectivity index (χ1) is 7.74. The van der Waals surface area contributed by atoms with Gasteiger partial charge in [-0.3, -0.25) is 0 Å². The molecule has 0 spiro atoms. The van der Waals surface area contributed by atoms with Crippen LogP contribution in [0, 0.1) is 6.92 Å². The summed E-state index contributed by atoms with van der Waals surface area (Å²) in [6.07, 6.45) is 2.56. The highest BCUT2D eigenvalue weighted by Crippen LogP contribution is 2.45. The second-order valence-corrected chi connectivity index (χ2v) is 5.47. The third kappa shape index (κ3) is 1.71. The number of nitrogens with zero attached hydrogens (tertiary/aromatic N) is 1. The van der Waals surface area contributed by atoms with Gasteiger partial charge in [0.1, 0.15) is 10.7 Å². The Labute approximate surface area is 99.1 Å². The summed E-state index contributed by atoms with van der Waals surface area (Å²) in [5, 5.41) is 2.07. The molecule has 0 aliphatic heterocycles. The second-order valence-electron chi connectivity index (χ2n) is 4.41. The molecule has 82 valence electrons. The quantitative estimate of drug-likeness (QED) is 0.856. The van der Waals surface area contributed by atoms with E-state index >= 15 is 0 Å². The van der Waals surface area contributed by atoms with Crippen molar-refractivity contribution in [3.63, 3.8) is 0 Å². The first-order valence-electron chi connectivity index (χ1n) is 5.57. The molecule has 2 nitrogen and oxygen atoms in total. The zero-order chi connectivity index (χ0) is 11.1. The number of hydrogen-bond donors (Lipinski definition) is 1. The molecular weight excluding hydrogens is 216 g/mol. The van der Waals surface area contributed by atoms with E-state index in [2.05, 4.69) is 36.2 Å². The minimum absolute atomic E-state index is 0.687. The Morgan fingerprint density at radius 1 is 1.25 bits per heavy atom. The molecule has 0 unspecified atom stereocenters. The number of anilines is 1. The van der Waals surface area contributed by atoms with E-state index in [1.54, 1.807) is 11.3 Å². The highest BCUT2D eigenvalue weighted by molar-refractivity contribution is 7.16. The van der Waals surface area contributed by atoms with E-state index < -0.39 is 0 Å². The number of benzene rings is 1. The van der Waals surface area contributed by atoms with Gasteiger partial charge in [-0.25, -0.2) is 4.98 Å². The molecule has 1 saturated carbocycles. The van der Waals surface area contributed by atoms with Gasteiger partial charge in [-0.05, 0) is 19.8 Å². The zero-order valence-corrected chi connectivity index (χ0v) is 10.1. The summed E-state index contributed by atoms with van der Waals surface area (Å²) < 4.78 is 0. The van der Waals surface area contributed by atoms with Gasteiger partial charge >= 0.3 is 0 Å². The Bertz CT molecular complexity index is 509. The maximum atomic E-state index is 6.03. The molecular formula is C13H14N2S. The number of aryl methyl sites for hydroxylation is 1. The van der Waals surface area contributed by atoms with E-state index in [4.69, 9.17) is 5.73 Å². The maximum Gasteiger partial charge on any atom is 0.114 e. The third-order valence-corrected chi connectivity index (χ3v) is 3.97. The average Bonchev–Trinajstić information content (AvgIpc) is 3.04. The first-order valence-corrected chi connectivity index (χ1v) is 6.39. The lowest BCUT2D eigenvalue weighted by molar-refractivity contribution is 1.09. The molecule has 1 aromatic heterocycles. The lowest BCUT2D eigenvalue weighted by Crippen LogP contribution is -1.86. The molecule has 1 aromatic carbocycles. The summed E-state index contributed by atoms with van der Waals surface area (Å²) >= 11 is 1.65. The van der Waals surface area contributed by atoms with Gasteiger partial charge in [-0.2, -0.15) is 0 Å². The van der Waals surface area contributed by atoms with Crippen LogP contribution >= 0.6 is 11.3 Å². The molecule has 2 aromatic rings. The molecule has 0 radical (unpaired) electrons. The van der Waals surface area contributed by atoms with Crippen LogP contribution in [0.4, 0.5) is 5.00 Å². The maximum absolute atomic E-state index is 6.03. The zero-order valence-electron chi connectivity index (χ0n) is 9.23. The van der Waals surface area contributed by atoms with E-state index in [0.717, 1.165) is 16.3 Å². The molecule has 3 heteroatoms. The summed E-state index contributed by atoms with van der Waals surface area (Å²) in [7, 11) is 0. The van der Waals surface area contributed by atoms with Crippen molar-refractivity contribution in [2.24, 2.45) is 0 Å². The van der Waals surface area contributed by atoms with Gasteiger partial charge in [0.15, 0.2) is 0 Å². The van der Waals surface area contributed by atoms with E-state index in [-0.39, 0.29) is 0 Å². The van der Waals surface area contributed by atoms with E-state index in [0.29, 0.717) is 5.92 Å². The molecule has 1 fully saturated rings. The van der Waals surface area contributed by atoms with Crippen molar-refractivity contribution in [3.8, 4) is 11.3 Å². The largest absolute Gasteiger partial charge is 0.389 e. The summed E-state index contributed by atoms with van der Waals surface area (Å²) in [6, 6.07) is 8.39. The van der Waals surface area contributed by atoms with Gasteiger partial charge in [0, 0.05) is 11.5 Å². The monoisotopic (exact) mass is 230 g/mol. The molecule has 1 heterocycles. The van der Waals surface area contributed by atoms with Crippen molar-refractivity contribution < 1.29 is 0 Å². The number of nitrogens with two attached hydrogens (primary N) is 1. The van der Waals surface area contributed by atoms with Gasteiger partial charge < -0.3 is 5.73 Å². The average molecular weight is 230 g/mol. The fraction of sp³-hybridized carbons (Fsp3) is 0.308. The summed E-state index contributed by atoms with van der Waals surface area (Å²) in [4.78, 5) is 4.67. The SMILES string of the molecule is Cc1ccc(-c2nc(C3CC3)sc2N)cc1. The van der Waals surface area contributed by atoms with E-state index in [1.807, 2.05) is 0 Å². The van der Waals surface area contributed by atoms with Gasteiger partial charge in [0.25, 0.3) is 0 Å². The molecule has 0 atom stereocenters. The molecule has 0 amide bonds. The molecule has 2 N–H and O–H groups in total. The van der Waals surface area contributed by atoms with Crippen LogP contribution in [0.25, 0.3) is 11.3 Å². The second kappa shape index (κ2) is 3.59. The van der Waals surface area contributed by atoms with Crippen LogP contribution in [0.2, 0.25) is 0 Å². The van der Waals surface area contributed by atoms with Crippen molar-refractivity contribution in [2.45, 2.75) is 25.7 Å². The third-order valence-electron chi connectivity index (χ3n) is 2.92. The fourth-order valence-electron chi connectivity index (χ4n) is 1.77. The van der Waals surface area contributed by atoms with Crippen molar-refractivity contribution in [2.75, 3.05) is 5.73 Å². The van der Waals surface area contributed by atoms with Gasteiger partial charge in [0.05, 0.1) is 5.01 Å². The van der Waals surface area contributed by atoms with Crippen LogP contribution in [0.5, 0.6) is 0 Å². The smallest absolute Gasteiger partial charge is 0.114 e. The van der Waals surface area contributed by atoms with Crippen LogP contribution in [-0.4, -0.2) is 4.98 Å². The van der Waals surface area contributed by atoms with Crippen molar-refractivity contribution in [1.82, 2.24) is 4.98 Å². The Hall–Kier alpha value is -1.35. The minimum Gasteiger partial charge on any atom is -0.389 e. The van der Waals surface area contributed by atoms with Gasteiger partial charge in [-0.1, -0.05) is 29.8 Å². The Morgan fingerprint density at radius 3 is 2.56 bits per heavy atom. The summed E-state index contributed by atoms with van der Waals surface area (Å²) in [6.45, 7) is 2.09. The topological polar surface area (TPSA) is 38.9 Å². The number of thiazole rings is 1. The van der Waals surface area contributed by atoms with Crippen molar-refractivity contribution in [3.05, 3.63) is 34.8 Å². The number of hydrogen-bond acceptors (Lipinski definition) is 3. The van der Waals surface area contributed by atoms with Crippen LogP contribution in [0.3, 0.4) is 0 Å². The number of nitrogen functional groups attached to an aromatic ring is 1. The predicted octanol–water partition coefficient (Wildman–Crippen LogP) is 3.58. The van der Waals surface area contributed by atoms with Crippen molar-refractivity contribution >= 4 is 16.3 Å². The van der Waals surface area contributed by atoms with Crippen LogP contribution in [0.1, 0.15) is 29.3 Å². The fourth-order valence-corrected chi connectivity index (χ4v) is 2.80. The molecule has 1 aliphatic carbocycles. The molecule has 16 heavy (non-hydrogen) atoms. The van der Waals surface area contributed by atoms with Crippen LogP contribution in [-0.2, 0) is 0 Å². The summed E-state index contributed by atoms with van der Waals surface area (Å²) in [5.74, 6) is 0.687.